The second-order valence-electron chi connectivity index (χ2n) is 2.79. The van der Waals surface area contributed by atoms with Crippen LogP contribution in [0.25, 0.3) is 0 Å². The molecule has 2 aromatic rings. The highest BCUT2D eigenvalue weighted by Crippen LogP contribution is 2.12. The van der Waals surface area contributed by atoms with E-state index in [4.69, 9.17) is 0 Å². The van der Waals surface area contributed by atoms with E-state index >= 15 is 0 Å². The minimum atomic E-state index is 0.612. The Balaban J connectivity index is 2.03. The Morgan fingerprint density at radius 2 is 2.33 bits per heavy atom. The van der Waals surface area contributed by atoms with Crippen LogP contribution >= 0.6 is 22.6 Å². The van der Waals surface area contributed by atoms with Crippen LogP contribution in [0.5, 0.6) is 0 Å². The summed E-state index contributed by atoms with van der Waals surface area (Å²) < 4.78 is 0.985. The predicted octanol–water partition coefficient (Wildman–Crippen LogP) is 1.48. The summed E-state index contributed by atoms with van der Waals surface area (Å²) in [4.78, 5) is 8.03. The Bertz CT molecular complexity index is 434. The molecular formula is C9H8IN5. The zero-order valence-corrected chi connectivity index (χ0v) is 9.92. The van der Waals surface area contributed by atoms with Crippen LogP contribution < -0.4 is 5.32 Å². The third-order valence-electron chi connectivity index (χ3n) is 1.73. The van der Waals surface area contributed by atoms with Gasteiger partial charge in [0, 0.05) is 12.4 Å². The van der Waals surface area contributed by atoms with E-state index in [1.54, 1.807) is 12.4 Å². The van der Waals surface area contributed by atoms with Crippen molar-refractivity contribution in [3.8, 4) is 0 Å². The number of hydrogen-bond acceptors (Lipinski definition) is 5. The van der Waals surface area contributed by atoms with Gasteiger partial charge in [-0.2, -0.15) is 10.2 Å². The zero-order valence-electron chi connectivity index (χ0n) is 7.76. The third kappa shape index (κ3) is 2.82. The summed E-state index contributed by atoms with van der Waals surface area (Å²) in [6, 6.07) is 3.77. The number of nitrogens with zero attached hydrogens (tertiary/aromatic N) is 4. The fourth-order valence-electron chi connectivity index (χ4n) is 1.04. The Morgan fingerprint density at radius 1 is 1.40 bits per heavy atom. The molecule has 0 fully saturated rings. The van der Waals surface area contributed by atoms with Crippen molar-refractivity contribution in [2.45, 2.75) is 6.54 Å². The maximum absolute atomic E-state index is 4.12. The molecule has 76 valence electrons. The quantitative estimate of drug-likeness (QED) is 0.870. The summed E-state index contributed by atoms with van der Waals surface area (Å²) >= 11 is 2.18. The zero-order chi connectivity index (χ0) is 10.5. The van der Waals surface area contributed by atoms with Crippen LogP contribution in [0.15, 0.2) is 30.9 Å². The molecule has 0 aromatic carbocycles. The van der Waals surface area contributed by atoms with Crippen molar-refractivity contribution in [3.05, 3.63) is 40.1 Å². The van der Waals surface area contributed by atoms with Gasteiger partial charge >= 0.3 is 0 Å². The van der Waals surface area contributed by atoms with Gasteiger partial charge in [-0.25, -0.2) is 9.97 Å². The van der Waals surface area contributed by atoms with E-state index in [9.17, 15) is 0 Å². The summed E-state index contributed by atoms with van der Waals surface area (Å²) in [5.74, 6) is 0.816. The molecule has 2 rings (SSSR count). The first-order valence-corrected chi connectivity index (χ1v) is 5.40. The largest absolute Gasteiger partial charge is 0.363 e. The number of anilines is 1. The highest BCUT2D eigenvalue weighted by atomic mass is 127. The van der Waals surface area contributed by atoms with Crippen LogP contribution in [-0.4, -0.2) is 20.2 Å². The summed E-state index contributed by atoms with van der Waals surface area (Å²) in [7, 11) is 0. The maximum Gasteiger partial charge on any atom is 0.143 e. The molecule has 0 saturated heterocycles. The molecule has 0 amide bonds. The summed E-state index contributed by atoms with van der Waals surface area (Å²) in [6.07, 6.45) is 4.92. The molecule has 0 aliphatic carbocycles. The molecule has 6 heteroatoms. The minimum absolute atomic E-state index is 0.612. The molecule has 0 aliphatic heterocycles. The Kier molecular flexibility index (Phi) is 3.38. The number of rotatable bonds is 3. The molecule has 5 nitrogen and oxygen atoms in total. The second kappa shape index (κ2) is 4.96. The Hall–Kier alpha value is -1.31. The first-order valence-electron chi connectivity index (χ1n) is 4.32. The smallest absolute Gasteiger partial charge is 0.143 e. The predicted molar refractivity (Wildman–Crippen MR) is 64.1 cm³/mol. The average Bonchev–Trinajstić information content (AvgIpc) is 2.29. The number of halogens is 1. The van der Waals surface area contributed by atoms with E-state index in [-0.39, 0.29) is 0 Å². The van der Waals surface area contributed by atoms with Crippen LogP contribution in [0, 0.1) is 3.57 Å². The van der Waals surface area contributed by atoms with E-state index in [2.05, 4.69) is 48.1 Å². The fourth-order valence-corrected chi connectivity index (χ4v) is 1.54. The summed E-state index contributed by atoms with van der Waals surface area (Å²) in [5.41, 5.74) is 0.881. The van der Waals surface area contributed by atoms with Crippen LogP contribution in [-0.2, 0) is 6.54 Å². The molecule has 15 heavy (non-hydrogen) atoms. The highest BCUT2D eigenvalue weighted by molar-refractivity contribution is 14.1. The van der Waals surface area contributed by atoms with Gasteiger partial charge in [-0.15, -0.1) is 0 Å². The molecule has 0 bridgehead atoms. The van der Waals surface area contributed by atoms with E-state index in [1.165, 1.54) is 6.33 Å². The Morgan fingerprint density at radius 3 is 3.07 bits per heavy atom. The Labute approximate surface area is 101 Å². The van der Waals surface area contributed by atoms with Crippen molar-refractivity contribution < 1.29 is 0 Å². The van der Waals surface area contributed by atoms with Crippen LogP contribution in [0.1, 0.15) is 5.69 Å². The van der Waals surface area contributed by atoms with Crippen LogP contribution in [0.3, 0.4) is 0 Å². The minimum Gasteiger partial charge on any atom is -0.363 e. The molecule has 2 heterocycles. The van der Waals surface area contributed by atoms with E-state index < -0.39 is 0 Å². The lowest BCUT2D eigenvalue weighted by atomic mass is 10.4. The lowest BCUT2D eigenvalue weighted by Gasteiger charge is -2.05. The average molecular weight is 313 g/mol. The van der Waals surface area contributed by atoms with Gasteiger partial charge in [-0.3, -0.25) is 0 Å². The van der Waals surface area contributed by atoms with Crippen molar-refractivity contribution in [3.63, 3.8) is 0 Å². The standard InChI is InChI=1S/C9H8IN5/c10-8-5-11-6-13-9(8)12-4-7-2-1-3-14-15-7/h1-3,5-6H,4H2,(H,11,12,13). The van der Waals surface area contributed by atoms with Crippen molar-refractivity contribution in [2.75, 3.05) is 5.32 Å². The number of nitrogens with one attached hydrogen (secondary N) is 1. The first kappa shape index (κ1) is 10.2. The molecule has 1 N–H and O–H groups in total. The SMILES string of the molecule is Ic1cncnc1NCc1cccnn1. The molecule has 0 radical (unpaired) electrons. The van der Waals surface area contributed by atoms with E-state index in [1.807, 2.05) is 12.1 Å². The van der Waals surface area contributed by atoms with Gasteiger partial charge in [0.2, 0.25) is 0 Å². The summed E-state index contributed by atoms with van der Waals surface area (Å²) in [6.45, 7) is 0.612. The molecule has 0 aliphatic rings. The molecule has 0 saturated carbocycles. The molecule has 0 atom stereocenters. The topological polar surface area (TPSA) is 63.6 Å². The monoisotopic (exact) mass is 313 g/mol. The second-order valence-corrected chi connectivity index (χ2v) is 3.95. The van der Waals surface area contributed by atoms with Gasteiger partial charge in [0.05, 0.1) is 15.8 Å². The van der Waals surface area contributed by atoms with Crippen LogP contribution in [0.4, 0.5) is 5.82 Å². The maximum atomic E-state index is 4.12. The third-order valence-corrected chi connectivity index (χ3v) is 2.52. The number of hydrogen-bond donors (Lipinski definition) is 1. The lowest BCUT2D eigenvalue weighted by Crippen LogP contribution is -2.05. The lowest BCUT2D eigenvalue weighted by molar-refractivity contribution is 0.918. The molecule has 0 unspecified atom stereocenters. The number of aromatic nitrogens is 4. The van der Waals surface area contributed by atoms with E-state index in [0.717, 1.165) is 15.1 Å². The van der Waals surface area contributed by atoms with Gasteiger partial charge < -0.3 is 5.32 Å². The van der Waals surface area contributed by atoms with Crippen molar-refractivity contribution in [2.24, 2.45) is 0 Å². The normalized spacial score (nSPS) is 9.93. The van der Waals surface area contributed by atoms with Gasteiger partial charge in [0.15, 0.2) is 0 Å². The van der Waals surface area contributed by atoms with Crippen molar-refractivity contribution >= 4 is 28.4 Å². The van der Waals surface area contributed by atoms with Gasteiger partial charge in [-0.1, -0.05) is 0 Å². The molecule has 2 aromatic heterocycles. The molecule has 0 spiro atoms. The first-order chi connectivity index (χ1) is 7.36. The molecular weight excluding hydrogens is 305 g/mol. The van der Waals surface area contributed by atoms with Crippen molar-refractivity contribution in [1.82, 2.24) is 20.2 Å². The van der Waals surface area contributed by atoms with E-state index in [0.29, 0.717) is 6.54 Å². The van der Waals surface area contributed by atoms with Gasteiger partial charge in [-0.05, 0) is 34.7 Å². The van der Waals surface area contributed by atoms with Gasteiger partial charge in [0.25, 0.3) is 0 Å². The van der Waals surface area contributed by atoms with Gasteiger partial charge in [0.1, 0.15) is 12.1 Å². The summed E-state index contributed by atoms with van der Waals surface area (Å²) in [5, 5.41) is 10.9. The fraction of sp³-hybridized carbons (Fsp3) is 0.111. The van der Waals surface area contributed by atoms with Crippen molar-refractivity contribution in [1.29, 1.82) is 0 Å². The highest BCUT2D eigenvalue weighted by Gasteiger charge is 2.00. The van der Waals surface area contributed by atoms with Crippen LogP contribution in [0.2, 0.25) is 0 Å².